The molecule has 0 heterocycles. The monoisotopic (exact) mass is 306 g/mol. The molecule has 1 aromatic rings. The van der Waals surface area contributed by atoms with Gasteiger partial charge in [-0.1, -0.05) is 23.8 Å². The van der Waals surface area contributed by atoms with E-state index in [1.807, 2.05) is 0 Å². The van der Waals surface area contributed by atoms with Gasteiger partial charge in [-0.05, 0) is 34.1 Å². The zero-order valence-electron chi connectivity index (χ0n) is 7.59. The standard InChI is InChI=1S/C9H8BrClN2OS/c10-6-3-5(1-2-7(6)11)9(14)13-4-8(12)15/h1-3H,4H2,(H2,12,15)(H,13,14). The Morgan fingerprint density at radius 3 is 2.80 bits per heavy atom. The molecule has 0 saturated heterocycles. The highest BCUT2D eigenvalue weighted by Crippen LogP contribution is 2.22. The topological polar surface area (TPSA) is 55.1 Å². The van der Waals surface area contributed by atoms with Crippen molar-refractivity contribution >= 4 is 50.6 Å². The van der Waals surface area contributed by atoms with Crippen LogP contribution in [0.25, 0.3) is 0 Å². The third-order valence-electron chi connectivity index (χ3n) is 1.60. The van der Waals surface area contributed by atoms with Gasteiger partial charge in [0, 0.05) is 10.0 Å². The lowest BCUT2D eigenvalue weighted by atomic mass is 10.2. The highest BCUT2D eigenvalue weighted by Gasteiger charge is 2.07. The largest absolute Gasteiger partial charge is 0.392 e. The van der Waals surface area contributed by atoms with Crippen molar-refractivity contribution in [3.05, 3.63) is 33.3 Å². The zero-order valence-corrected chi connectivity index (χ0v) is 10.7. The smallest absolute Gasteiger partial charge is 0.251 e. The van der Waals surface area contributed by atoms with Gasteiger partial charge in [0.15, 0.2) is 0 Å². The number of halogens is 2. The molecule has 0 aromatic heterocycles. The number of carbonyl (C=O) groups excluding carboxylic acids is 1. The van der Waals surface area contributed by atoms with Crippen molar-refractivity contribution in [3.63, 3.8) is 0 Å². The van der Waals surface area contributed by atoms with E-state index in [4.69, 9.17) is 17.3 Å². The molecule has 3 N–H and O–H groups in total. The van der Waals surface area contributed by atoms with Crippen LogP contribution in [0.1, 0.15) is 10.4 Å². The van der Waals surface area contributed by atoms with Crippen molar-refractivity contribution in [1.29, 1.82) is 0 Å². The summed E-state index contributed by atoms with van der Waals surface area (Å²) in [5.74, 6) is -0.236. The number of carbonyl (C=O) groups is 1. The molecule has 0 saturated carbocycles. The summed E-state index contributed by atoms with van der Waals surface area (Å²) in [4.78, 5) is 11.8. The van der Waals surface area contributed by atoms with Gasteiger partial charge in [0.05, 0.1) is 16.6 Å². The SMILES string of the molecule is NC(=S)CNC(=O)c1ccc(Cl)c(Br)c1. The van der Waals surface area contributed by atoms with E-state index in [9.17, 15) is 4.79 Å². The summed E-state index contributed by atoms with van der Waals surface area (Å²) >= 11 is 13.7. The van der Waals surface area contributed by atoms with Crippen molar-refractivity contribution in [2.75, 3.05) is 6.54 Å². The van der Waals surface area contributed by atoms with Gasteiger partial charge in [-0.2, -0.15) is 0 Å². The van der Waals surface area contributed by atoms with Crippen LogP contribution in [-0.4, -0.2) is 17.4 Å². The normalized spacial score (nSPS) is 9.73. The van der Waals surface area contributed by atoms with E-state index in [0.29, 0.717) is 15.1 Å². The predicted molar refractivity (Wildman–Crippen MR) is 68.3 cm³/mol. The van der Waals surface area contributed by atoms with Gasteiger partial charge in [-0.25, -0.2) is 0 Å². The van der Waals surface area contributed by atoms with Crippen LogP contribution in [0.15, 0.2) is 22.7 Å². The Labute approximate surface area is 106 Å². The first kappa shape index (κ1) is 12.4. The fourth-order valence-corrected chi connectivity index (χ4v) is 1.48. The van der Waals surface area contributed by atoms with Crippen molar-refractivity contribution in [1.82, 2.24) is 5.32 Å². The molecule has 1 rings (SSSR count). The van der Waals surface area contributed by atoms with Crippen LogP contribution >= 0.6 is 39.7 Å². The zero-order chi connectivity index (χ0) is 11.4. The number of amides is 1. The van der Waals surface area contributed by atoms with Gasteiger partial charge in [0.1, 0.15) is 0 Å². The number of thiocarbonyl (C=S) groups is 1. The quantitative estimate of drug-likeness (QED) is 0.841. The first-order valence-corrected chi connectivity index (χ1v) is 5.60. The summed E-state index contributed by atoms with van der Waals surface area (Å²) in [6, 6.07) is 4.90. The van der Waals surface area contributed by atoms with Gasteiger partial charge in [0.2, 0.25) is 0 Å². The average Bonchev–Trinajstić information content (AvgIpc) is 2.18. The van der Waals surface area contributed by atoms with Crippen molar-refractivity contribution in [3.8, 4) is 0 Å². The highest BCUT2D eigenvalue weighted by atomic mass is 79.9. The Kier molecular flexibility index (Phi) is 4.50. The number of hydrogen-bond acceptors (Lipinski definition) is 2. The lowest BCUT2D eigenvalue weighted by Gasteiger charge is -2.04. The molecular weight excluding hydrogens is 300 g/mol. The van der Waals surface area contributed by atoms with E-state index in [-0.39, 0.29) is 17.4 Å². The van der Waals surface area contributed by atoms with Crippen molar-refractivity contribution in [2.45, 2.75) is 0 Å². The second-order valence-corrected chi connectivity index (χ2v) is 4.56. The number of nitrogens with one attached hydrogen (secondary N) is 1. The minimum atomic E-state index is -0.236. The predicted octanol–water partition coefficient (Wildman–Crippen LogP) is 2.12. The molecule has 0 atom stereocenters. The van der Waals surface area contributed by atoms with E-state index in [0.717, 1.165) is 0 Å². The fraction of sp³-hybridized carbons (Fsp3) is 0.111. The van der Waals surface area contributed by atoms with E-state index < -0.39 is 0 Å². The summed E-state index contributed by atoms with van der Waals surface area (Å²) in [7, 11) is 0. The first-order chi connectivity index (χ1) is 7.00. The van der Waals surface area contributed by atoms with Crippen LogP contribution < -0.4 is 11.1 Å². The van der Waals surface area contributed by atoms with Crippen LogP contribution in [0.5, 0.6) is 0 Å². The van der Waals surface area contributed by atoms with Gasteiger partial charge >= 0.3 is 0 Å². The second-order valence-electron chi connectivity index (χ2n) is 2.78. The highest BCUT2D eigenvalue weighted by molar-refractivity contribution is 9.10. The minimum Gasteiger partial charge on any atom is -0.392 e. The number of hydrogen-bond donors (Lipinski definition) is 2. The molecule has 0 aliphatic heterocycles. The molecule has 0 bridgehead atoms. The molecule has 0 aliphatic rings. The van der Waals surface area contributed by atoms with E-state index in [1.54, 1.807) is 18.2 Å². The first-order valence-electron chi connectivity index (χ1n) is 4.02. The van der Waals surface area contributed by atoms with Gasteiger partial charge < -0.3 is 11.1 Å². The van der Waals surface area contributed by atoms with Crippen LogP contribution in [0.4, 0.5) is 0 Å². The van der Waals surface area contributed by atoms with Crippen molar-refractivity contribution < 1.29 is 4.79 Å². The summed E-state index contributed by atoms with van der Waals surface area (Å²) < 4.78 is 0.673. The maximum Gasteiger partial charge on any atom is 0.251 e. The molecule has 3 nitrogen and oxygen atoms in total. The lowest BCUT2D eigenvalue weighted by Crippen LogP contribution is -2.32. The van der Waals surface area contributed by atoms with E-state index in [2.05, 4.69) is 33.5 Å². The van der Waals surface area contributed by atoms with Crippen LogP contribution in [0, 0.1) is 0 Å². The molecule has 0 fully saturated rings. The third-order valence-corrected chi connectivity index (χ3v) is 2.96. The molecule has 0 unspecified atom stereocenters. The third kappa shape index (κ3) is 3.77. The van der Waals surface area contributed by atoms with Gasteiger partial charge in [-0.3, -0.25) is 4.79 Å². The Morgan fingerprint density at radius 2 is 2.27 bits per heavy atom. The molecule has 6 heteroatoms. The number of benzene rings is 1. The number of nitrogens with two attached hydrogens (primary N) is 1. The van der Waals surface area contributed by atoms with Crippen LogP contribution in [-0.2, 0) is 0 Å². The summed E-state index contributed by atoms with van der Waals surface area (Å²) in [6.07, 6.45) is 0. The lowest BCUT2D eigenvalue weighted by molar-refractivity contribution is 0.0959. The molecule has 1 aromatic carbocycles. The molecular formula is C9H8BrClN2OS. The Balaban J connectivity index is 2.74. The Bertz CT molecular complexity index is 411. The summed E-state index contributed by atoms with van der Waals surface area (Å²) in [5, 5.41) is 3.13. The van der Waals surface area contributed by atoms with Gasteiger partial charge in [0.25, 0.3) is 5.91 Å². The fourth-order valence-electron chi connectivity index (χ4n) is 0.907. The van der Waals surface area contributed by atoms with Crippen molar-refractivity contribution in [2.24, 2.45) is 5.73 Å². The Morgan fingerprint density at radius 1 is 1.60 bits per heavy atom. The second kappa shape index (κ2) is 5.44. The molecule has 0 aliphatic carbocycles. The van der Waals surface area contributed by atoms with Gasteiger partial charge in [-0.15, -0.1) is 0 Å². The molecule has 1 amide bonds. The molecule has 15 heavy (non-hydrogen) atoms. The molecule has 0 radical (unpaired) electrons. The van der Waals surface area contributed by atoms with Crippen LogP contribution in [0.2, 0.25) is 5.02 Å². The van der Waals surface area contributed by atoms with Crippen LogP contribution in [0.3, 0.4) is 0 Å². The Hall–Kier alpha value is -0.650. The van der Waals surface area contributed by atoms with E-state index >= 15 is 0 Å². The minimum absolute atomic E-state index is 0.189. The number of rotatable bonds is 3. The maximum absolute atomic E-state index is 11.5. The maximum atomic E-state index is 11.5. The average molecular weight is 308 g/mol. The van der Waals surface area contributed by atoms with E-state index in [1.165, 1.54) is 0 Å². The molecule has 80 valence electrons. The summed E-state index contributed by atoms with van der Waals surface area (Å²) in [6.45, 7) is 0.189. The molecule has 0 spiro atoms. The summed E-state index contributed by atoms with van der Waals surface area (Å²) in [5.41, 5.74) is 5.76.